The maximum Gasteiger partial charge on any atom is 0.178 e. The molecule has 1 atom stereocenters. The average molecular weight is 529 g/mol. The summed E-state index contributed by atoms with van der Waals surface area (Å²) in [4.78, 5) is 14.6. The zero-order valence-electron chi connectivity index (χ0n) is 24.6. The quantitative estimate of drug-likeness (QED) is 0.233. The molecule has 0 aliphatic carbocycles. The van der Waals surface area contributed by atoms with Crippen LogP contribution in [0.15, 0.2) is 91.3 Å². The molecule has 2 aliphatic heterocycles. The first-order valence-electron chi connectivity index (χ1n) is 14.7. The molecule has 0 radical (unpaired) electrons. The van der Waals surface area contributed by atoms with Crippen molar-refractivity contribution in [3.63, 3.8) is 0 Å². The normalized spacial score (nSPS) is 17.3. The van der Waals surface area contributed by atoms with Gasteiger partial charge in [-0.05, 0) is 76.3 Å². The zero-order chi connectivity index (χ0) is 28.2. The van der Waals surface area contributed by atoms with E-state index in [1.807, 2.05) is 6.20 Å². The van der Waals surface area contributed by atoms with Gasteiger partial charge in [0.2, 0.25) is 0 Å². The third-order valence-corrected chi connectivity index (χ3v) is 9.23. The summed E-state index contributed by atoms with van der Waals surface area (Å²) in [5.74, 6) is 2.64. The Morgan fingerprint density at radius 2 is 1.43 bits per heavy atom. The second-order valence-corrected chi connectivity index (χ2v) is 11.9. The van der Waals surface area contributed by atoms with Gasteiger partial charge in [0.25, 0.3) is 0 Å². The van der Waals surface area contributed by atoms with Crippen LogP contribution in [-0.4, -0.2) is 16.1 Å². The van der Waals surface area contributed by atoms with Crippen LogP contribution in [0.5, 0.6) is 0 Å². The summed E-state index contributed by atoms with van der Waals surface area (Å²) in [5, 5.41) is 0. The van der Waals surface area contributed by atoms with Crippen molar-refractivity contribution >= 4 is 23.0 Å². The van der Waals surface area contributed by atoms with Gasteiger partial charge in [0.15, 0.2) is 11.6 Å². The maximum absolute atomic E-state index is 4.94. The van der Waals surface area contributed by atoms with E-state index in [9.17, 15) is 0 Å². The van der Waals surface area contributed by atoms with Crippen LogP contribution in [0.1, 0.15) is 82.9 Å². The lowest BCUT2D eigenvalue weighted by Crippen LogP contribution is -2.51. The van der Waals surface area contributed by atoms with Crippen molar-refractivity contribution < 1.29 is 0 Å². The van der Waals surface area contributed by atoms with Crippen molar-refractivity contribution in [3.05, 3.63) is 108 Å². The van der Waals surface area contributed by atoms with Gasteiger partial charge in [0, 0.05) is 29.2 Å². The van der Waals surface area contributed by atoms with Gasteiger partial charge < -0.3 is 0 Å². The van der Waals surface area contributed by atoms with Gasteiger partial charge in [-0.1, -0.05) is 96.7 Å². The maximum atomic E-state index is 4.94. The third-order valence-electron chi connectivity index (χ3n) is 9.23. The summed E-state index contributed by atoms with van der Waals surface area (Å²) in [5.41, 5.74) is 9.97. The number of aromatic nitrogens is 2. The Kier molecular flexibility index (Phi) is 6.53. The number of nitrogens with zero attached hydrogens (tertiary/aromatic N) is 4. The molecule has 3 heterocycles. The summed E-state index contributed by atoms with van der Waals surface area (Å²) in [6, 6.07) is 24.6. The van der Waals surface area contributed by atoms with Crippen molar-refractivity contribution in [1.29, 1.82) is 0 Å². The molecule has 2 aliphatic rings. The molecule has 4 nitrogen and oxygen atoms in total. The number of rotatable bonds is 6. The molecule has 4 heteroatoms. The molecule has 0 amide bonds. The number of fused-ring (bicyclic) bond motifs is 5. The molecular weight excluding hydrogens is 488 g/mol. The summed E-state index contributed by atoms with van der Waals surface area (Å²) < 4.78 is 0. The topological polar surface area (TPSA) is 32.3 Å². The summed E-state index contributed by atoms with van der Waals surface area (Å²) in [6.45, 7) is 18.6. The van der Waals surface area contributed by atoms with Crippen LogP contribution in [0.4, 0.5) is 23.0 Å². The van der Waals surface area contributed by atoms with Crippen LogP contribution in [0.3, 0.4) is 0 Å². The SMILES string of the molecule is C=C1C2N(c3ccc(C(C)C)cc3)c3nccnc3N2c2cc(-c3ccccc3)c(C(C)C)cc2C1(CC)CC. The van der Waals surface area contributed by atoms with E-state index in [1.165, 1.54) is 39.1 Å². The van der Waals surface area contributed by atoms with Crippen LogP contribution in [0, 0.1) is 0 Å². The Bertz CT molecular complexity index is 1550. The van der Waals surface area contributed by atoms with Crippen LogP contribution in [0.2, 0.25) is 0 Å². The Morgan fingerprint density at radius 1 is 0.800 bits per heavy atom. The smallest absolute Gasteiger partial charge is 0.178 e. The number of hydrogen-bond acceptors (Lipinski definition) is 4. The van der Waals surface area contributed by atoms with Crippen molar-refractivity contribution in [2.45, 2.75) is 77.8 Å². The van der Waals surface area contributed by atoms with Crippen LogP contribution in [-0.2, 0) is 5.41 Å². The summed E-state index contributed by atoms with van der Waals surface area (Å²) in [6.07, 6.45) is 5.48. The van der Waals surface area contributed by atoms with Gasteiger partial charge in [0.05, 0.1) is 0 Å². The fourth-order valence-electron chi connectivity index (χ4n) is 6.89. The van der Waals surface area contributed by atoms with Gasteiger partial charge in [0.1, 0.15) is 6.17 Å². The van der Waals surface area contributed by atoms with Crippen LogP contribution < -0.4 is 9.80 Å². The van der Waals surface area contributed by atoms with E-state index < -0.39 is 0 Å². The van der Waals surface area contributed by atoms with Gasteiger partial charge in [-0.15, -0.1) is 0 Å². The highest BCUT2D eigenvalue weighted by Gasteiger charge is 2.53. The van der Waals surface area contributed by atoms with Crippen molar-refractivity contribution in [1.82, 2.24) is 9.97 Å². The number of hydrogen-bond donors (Lipinski definition) is 0. The molecule has 0 N–H and O–H groups in total. The molecule has 1 unspecified atom stereocenters. The predicted octanol–water partition coefficient (Wildman–Crippen LogP) is 9.63. The Labute approximate surface area is 239 Å². The van der Waals surface area contributed by atoms with Crippen molar-refractivity contribution in [2.24, 2.45) is 0 Å². The molecule has 204 valence electrons. The number of anilines is 4. The molecule has 0 fully saturated rings. The van der Waals surface area contributed by atoms with Crippen molar-refractivity contribution in [3.8, 4) is 11.1 Å². The van der Waals surface area contributed by atoms with Crippen LogP contribution >= 0.6 is 0 Å². The largest absolute Gasteiger partial charge is 0.298 e. The van der Waals surface area contributed by atoms with E-state index in [-0.39, 0.29) is 11.6 Å². The molecule has 0 saturated carbocycles. The predicted molar refractivity (Wildman–Crippen MR) is 168 cm³/mol. The summed E-state index contributed by atoms with van der Waals surface area (Å²) in [7, 11) is 0. The van der Waals surface area contributed by atoms with Gasteiger partial charge in [-0.3, -0.25) is 9.80 Å². The lowest BCUT2D eigenvalue weighted by molar-refractivity contribution is 0.424. The average Bonchev–Trinajstić information content (AvgIpc) is 3.33. The highest BCUT2D eigenvalue weighted by atomic mass is 15.5. The minimum Gasteiger partial charge on any atom is -0.298 e. The lowest BCUT2D eigenvalue weighted by atomic mass is 9.65. The second kappa shape index (κ2) is 9.92. The first-order chi connectivity index (χ1) is 19.3. The highest BCUT2D eigenvalue weighted by Crippen LogP contribution is 2.59. The molecule has 0 bridgehead atoms. The molecule has 0 saturated heterocycles. The van der Waals surface area contributed by atoms with E-state index >= 15 is 0 Å². The molecule has 1 aromatic heterocycles. The fourth-order valence-corrected chi connectivity index (χ4v) is 6.89. The van der Waals surface area contributed by atoms with Gasteiger partial charge in [-0.2, -0.15) is 0 Å². The fraction of sp³-hybridized carbons (Fsp3) is 0.333. The van der Waals surface area contributed by atoms with E-state index in [2.05, 4.69) is 118 Å². The lowest BCUT2D eigenvalue weighted by Gasteiger charge is -2.49. The Balaban J connectivity index is 1.64. The monoisotopic (exact) mass is 528 g/mol. The first kappa shape index (κ1) is 26.3. The standard InChI is InChI=1S/C36H40N4/c1-8-36(9-2)25(7)35-39(28-17-15-26(16-18-28)23(3)4)33-34(38-20-19-37-33)40(35)32-22-30(27-13-11-10-12-14-27)29(24(5)6)21-31(32)36/h10-24,35H,7-9H2,1-6H3. The van der Waals surface area contributed by atoms with E-state index in [0.29, 0.717) is 11.8 Å². The van der Waals surface area contributed by atoms with Crippen molar-refractivity contribution in [2.75, 3.05) is 9.80 Å². The molecule has 40 heavy (non-hydrogen) atoms. The minimum atomic E-state index is -0.159. The molecule has 3 aromatic carbocycles. The molecule has 0 spiro atoms. The second-order valence-electron chi connectivity index (χ2n) is 11.9. The highest BCUT2D eigenvalue weighted by molar-refractivity contribution is 5.90. The van der Waals surface area contributed by atoms with Gasteiger partial charge >= 0.3 is 0 Å². The molecular formula is C36H40N4. The van der Waals surface area contributed by atoms with E-state index in [1.54, 1.807) is 6.20 Å². The third kappa shape index (κ3) is 3.80. The van der Waals surface area contributed by atoms with Gasteiger partial charge in [-0.25, -0.2) is 9.97 Å². The zero-order valence-corrected chi connectivity index (χ0v) is 24.6. The molecule has 6 rings (SSSR count). The van der Waals surface area contributed by atoms with Crippen LogP contribution in [0.25, 0.3) is 11.1 Å². The number of benzene rings is 3. The van der Waals surface area contributed by atoms with E-state index in [0.717, 1.165) is 30.2 Å². The first-order valence-corrected chi connectivity index (χ1v) is 14.7. The molecule has 4 aromatic rings. The summed E-state index contributed by atoms with van der Waals surface area (Å²) >= 11 is 0. The van der Waals surface area contributed by atoms with E-state index in [4.69, 9.17) is 16.5 Å². The Morgan fingerprint density at radius 3 is 2.00 bits per heavy atom. The minimum absolute atomic E-state index is 0.108. The Hall–Kier alpha value is -3.92.